The molecule has 84 valence electrons. The van der Waals surface area contributed by atoms with Gasteiger partial charge in [-0.1, -0.05) is 45.4 Å². The van der Waals surface area contributed by atoms with Crippen molar-refractivity contribution in [3.05, 3.63) is 0 Å². The minimum absolute atomic E-state index is 0. The molecule has 0 spiro atoms. The zero-order valence-electron chi connectivity index (χ0n) is 11.0. The number of hydrogen-bond acceptors (Lipinski definition) is 2. The van der Waals surface area contributed by atoms with Crippen LogP contribution in [0.1, 0.15) is 54.7 Å². The van der Waals surface area contributed by atoms with Crippen LogP contribution in [0.15, 0.2) is 0 Å². The summed E-state index contributed by atoms with van der Waals surface area (Å²) in [7, 11) is -3.72. The van der Waals surface area contributed by atoms with E-state index in [2.05, 4.69) is 6.92 Å². The Bertz CT molecular complexity index is 211. The Balaban J connectivity index is -0.000000240. The zero-order valence-corrected chi connectivity index (χ0v) is 12.1. The van der Waals surface area contributed by atoms with Gasteiger partial charge < -0.3 is 2.85 Å². The Morgan fingerprint density at radius 1 is 1.00 bits per heavy atom. The van der Waals surface area contributed by atoms with Crippen molar-refractivity contribution in [1.29, 1.82) is 0 Å². The summed E-state index contributed by atoms with van der Waals surface area (Å²) >= 11 is 0. The van der Waals surface area contributed by atoms with Crippen molar-refractivity contribution in [2.75, 3.05) is 5.75 Å². The molecule has 0 aromatic heterocycles. The van der Waals surface area contributed by atoms with Gasteiger partial charge in [-0.3, -0.25) is 4.55 Å². The van der Waals surface area contributed by atoms with E-state index in [0.29, 0.717) is 6.42 Å². The Hall–Kier alpha value is 1.17. The van der Waals surface area contributed by atoms with Crippen LogP contribution in [0, 0.1) is 0 Å². The van der Waals surface area contributed by atoms with Crippen molar-refractivity contribution in [2.45, 2.75) is 51.9 Å². The molecular formula is C9H22CaO3S. The predicted molar refractivity (Wildman–Crippen MR) is 62.4 cm³/mol. The van der Waals surface area contributed by atoms with Gasteiger partial charge in [0.2, 0.25) is 0 Å². The van der Waals surface area contributed by atoms with Gasteiger partial charge in [-0.05, 0) is 6.42 Å². The average molecular weight is 250 g/mol. The molecule has 5 heteroatoms. The fourth-order valence-corrected chi connectivity index (χ4v) is 1.81. The van der Waals surface area contributed by atoms with Crippen molar-refractivity contribution in [3.63, 3.8) is 0 Å². The van der Waals surface area contributed by atoms with Gasteiger partial charge >= 0.3 is 37.7 Å². The molecular weight excluding hydrogens is 228 g/mol. The monoisotopic (exact) mass is 250 g/mol. The molecule has 0 atom stereocenters. The Morgan fingerprint density at radius 2 is 1.43 bits per heavy atom. The molecule has 1 N–H and O–H groups in total. The van der Waals surface area contributed by atoms with Crippen LogP contribution in [0.25, 0.3) is 0 Å². The summed E-state index contributed by atoms with van der Waals surface area (Å²) in [6.07, 6.45) is 7.48. The van der Waals surface area contributed by atoms with Crippen LogP contribution in [-0.2, 0) is 10.1 Å². The molecule has 0 aromatic rings. The molecule has 0 aliphatic carbocycles. The minimum atomic E-state index is -3.72. The fourth-order valence-electron chi connectivity index (χ4n) is 1.24. The summed E-state index contributed by atoms with van der Waals surface area (Å²) in [5, 5.41) is 0. The van der Waals surface area contributed by atoms with Gasteiger partial charge in [0.1, 0.15) is 0 Å². The first kappa shape index (κ1) is 17.6. The molecule has 0 saturated carbocycles. The third-order valence-corrected chi connectivity index (χ3v) is 2.81. The first-order chi connectivity index (χ1) is 6.06. The molecule has 3 nitrogen and oxygen atoms in total. The molecule has 0 bridgehead atoms. The van der Waals surface area contributed by atoms with Gasteiger partial charge in [-0.15, -0.1) is 0 Å². The van der Waals surface area contributed by atoms with E-state index >= 15 is 0 Å². The summed E-state index contributed by atoms with van der Waals surface area (Å²) in [6, 6.07) is 0. The van der Waals surface area contributed by atoms with Gasteiger partial charge in [0.15, 0.2) is 0 Å². The molecule has 0 rings (SSSR count). The van der Waals surface area contributed by atoms with Crippen molar-refractivity contribution in [2.24, 2.45) is 0 Å². The smallest absolute Gasteiger partial charge is 1.00 e. The van der Waals surface area contributed by atoms with E-state index in [1.165, 1.54) is 25.7 Å². The first-order valence-electron chi connectivity index (χ1n) is 5.01. The van der Waals surface area contributed by atoms with E-state index < -0.39 is 10.1 Å². The molecule has 0 heterocycles. The van der Waals surface area contributed by atoms with Crippen LogP contribution in [0.3, 0.4) is 0 Å². The quantitative estimate of drug-likeness (QED) is 0.409. The van der Waals surface area contributed by atoms with Gasteiger partial charge in [0.05, 0.1) is 5.75 Å². The molecule has 0 unspecified atom stereocenters. The second kappa shape index (κ2) is 10.7. The third-order valence-electron chi connectivity index (χ3n) is 2.01. The zero-order chi connectivity index (χ0) is 10.2. The first-order valence-corrected chi connectivity index (χ1v) is 6.62. The molecule has 0 radical (unpaired) electrons. The number of rotatable bonds is 8. The summed E-state index contributed by atoms with van der Waals surface area (Å²) in [5.41, 5.74) is 0. The van der Waals surface area contributed by atoms with Crippen molar-refractivity contribution >= 4 is 47.9 Å². The average Bonchev–Trinajstić information content (AvgIpc) is 2.01. The van der Waals surface area contributed by atoms with Crippen molar-refractivity contribution < 1.29 is 15.8 Å². The van der Waals surface area contributed by atoms with E-state index in [9.17, 15) is 8.42 Å². The fraction of sp³-hybridized carbons (Fsp3) is 1.00. The van der Waals surface area contributed by atoms with Crippen LogP contribution in [0.5, 0.6) is 0 Å². The molecule has 0 aromatic carbocycles. The normalized spacial score (nSPS) is 11.0. The molecule has 0 aliphatic rings. The Morgan fingerprint density at radius 3 is 1.86 bits per heavy atom. The van der Waals surface area contributed by atoms with Gasteiger partial charge in [0, 0.05) is 0 Å². The maximum atomic E-state index is 10.3. The van der Waals surface area contributed by atoms with E-state index in [1.54, 1.807) is 0 Å². The van der Waals surface area contributed by atoms with Crippen LogP contribution in [0.4, 0.5) is 0 Å². The van der Waals surface area contributed by atoms with Gasteiger partial charge in [-0.25, -0.2) is 0 Å². The van der Waals surface area contributed by atoms with Gasteiger partial charge in [-0.2, -0.15) is 8.42 Å². The van der Waals surface area contributed by atoms with E-state index in [-0.39, 0.29) is 46.3 Å². The summed E-state index contributed by atoms with van der Waals surface area (Å²) in [4.78, 5) is 0. The summed E-state index contributed by atoms with van der Waals surface area (Å²) < 4.78 is 29.1. The van der Waals surface area contributed by atoms with Crippen LogP contribution in [-0.4, -0.2) is 56.5 Å². The van der Waals surface area contributed by atoms with E-state index in [1.807, 2.05) is 0 Å². The summed E-state index contributed by atoms with van der Waals surface area (Å²) in [5.74, 6) is -0.0826. The molecule has 0 saturated heterocycles. The standard InChI is InChI=1S/C9H20O3S.Ca.2H/c1-2-3-4-5-6-7-8-9-13(10,11)12;;;/h2-9H2,1H3,(H,10,11,12);;;/q;+2;2*-1. The van der Waals surface area contributed by atoms with Crippen LogP contribution < -0.4 is 0 Å². The number of unbranched alkanes of at least 4 members (excludes halogenated alkanes) is 6. The topological polar surface area (TPSA) is 54.4 Å². The van der Waals surface area contributed by atoms with Crippen LogP contribution in [0.2, 0.25) is 0 Å². The SMILES string of the molecule is CCCCCCCCCS(=O)(=O)O.[Ca+2].[H-].[H-]. The maximum Gasteiger partial charge on any atom is 2.00 e. The van der Waals surface area contributed by atoms with Crippen molar-refractivity contribution in [1.82, 2.24) is 0 Å². The second-order valence-corrected chi connectivity index (χ2v) is 4.98. The maximum absolute atomic E-state index is 10.3. The molecule has 0 fully saturated rings. The van der Waals surface area contributed by atoms with Gasteiger partial charge in [0.25, 0.3) is 10.1 Å². The Labute approximate surface area is 120 Å². The molecule has 14 heavy (non-hydrogen) atoms. The third kappa shape index (κ3) is 15.6. The number of hydrogen-bond donors (Lipinski definition) is 1. The van der Waals surface area contributed by atoms with Crippen molar-refractivity contribution in [3.8, 4) is 0 Å². The Kier molecular flexibility index (Phi) is 13.4. The minimum Gasteiger partial charge on any atom is -1.00 e. The summed E-state index contributed by atoms with van der Waals surface area (Å²) in [6.45, 7) is 2.17. The van der Waals surface area contributed by atoms with E-state index in [4.69, 9.17) is 4.55 Å². The van der Waals surface area contributed by atoms with Crippen LogP contribution >= 0.6 is 0 Å². The second-order valence-electron chi connectivity index (χ2n) is 3.41. The predicted octanol–water partition coefficient (Wildman–Crippen LogP) is 2.47. The largest absolute Gasteiger partial charge is 2.00 e. The molecule has 0 amide bonds. The van der Waals surface area contributed by atoms with E-state index in [0.717, 1.165) is 12.8 Å². The molecule has 0 aliphatic heterocycles.